The van der Waals surface area contributed by atoms with E-state index in [4.69, 9.17) is 0 Å². The SMILES string of the molecule is CCCNC(=NC)NCCC1CCCCC1. The molecular weight excluding hydrogens is 198 g/mol. The van der Waals surface area contributed by atoms with Crippen LogP contribution in [0.1, 0.15) is 51.9 Å². The van der Waals surface area contributed by atoms with Crippen molar-refractivity contribution in [1.29, 1.82) is 0 Å². The first-order chi connectivity index (χ1) is 7.86. The normalized spacial score (nSPS) is 18.5. The second-order valence-corrected chi connectivity index (χ2v) is 4.72. The molecule has 1 fully saturated rings. The van der Waals surface area contributed by atoms with Crippen LogP contribution in [0.15, 0.2) is 4.99 Å². The Bertz CT molecular complexity index is 195. The third-order valence-electron chi connectivity index (χ3n) is 3.34. The van der Waals surface area contributed by atoms with Crippen molar-refractivity contribution in [3.63, 3.8) is 0 Å². The molecule has 1 aliphatic carbocycles. The molecule has 0 radical (unpaired) electrons. The minimum atomic E-state index is 0.950. The molecule has 16 heavy (non-hydrogen) atoms. The smallest absolute Gasteiger partial charge is 0.190 e. The maximum atomic E-state index is 4.20. The summed E-state index contributed by atoms with van der Waals surface area (Å²) in [6.45, 7) is 4.24. The number of nitrogens with zero attached hydrogens (tertiary/aromatic N) is 1. The van der Waals surface area contributed by atoms with E-state index in [1.807, 2.05) is 7.05 Å². The predicted molar refractivity (Wildman–Crippen MR) is 70.8 cm³/mol. The van der Waals surface area contributed by atoms with Gasteiger partial charge in [-0.3, -0.25) is 4.99 Å². The summed E-state index contributed by atoms with van der Waals surface area (Å²) < 4.78 is 0. The Labute approximate surface area is 100 Å². The van der Waals surface area contributed by atoms with Gasteiger partial charge in [-0.2, -0.15) is 0 Å². The molecule has 0 atom stereocenters. The average Bonchev–Trinajstić information content (AvgIpc) is 2.35. The Kier molecular flexibility index (Phi) is 7.02. The van der Waals surface area contributed by atoms with Gasteiger partial charge in [-0.05, 0) is 18.8 Å². The summed E-state index contributed by atoms with van der Waals surface area (Å²) in [5, 5.41) is 6.69. The zero-order valence-corrected chi connectivity index (χ0v) is 10.9. The maximum absolute atomic E-state index is 4.20. The molecule has 0 heterocycles. The molecule has 3 nitrogen and oxygen atoms in total. The molecule has 0 aromatic heterocycles. The van der Waals surface area contributed by atoms with Gasteiger partial charge < -0.3 is 10.6 Å². The number of rotatable bonds is 5. The van der Waals surface area contributed by atoms with E-state index in [1.165, 1.54) is 38.5 Å². The largest absolute Gasteiger partial charge is 0.356 e. The van der Waals surface area contributed by atoms with Crippen LogP contribution in [0.3, 0.4) is 0 Å². The van der Waals surface area contributed by atoms with E-state index < -0.39 is 0 Å². The first-order valence-electron chi connectivity index (χ1n) is 6.81. The van der Waals surface area contributed by atoms with Gasteiger partial charge in [0.2, 0.25) is 0 Å². The Morgan fingerprint density at radius 2 is 1.81 bits per heavy atom. The van der Waals surface area contributed by atoms with Crippen molar-refractivity contribution in [1.82, 2.24) is 10.6 Å². The molecule has 0 aromatic rings. The zero-order valence-electron chi connectivity index (χ0n) is 10.9. The summed E-state index contributed by atoms with van der Waals surface area (Å²) >= 11 is 0. The van der Waals surface area contributed by atoms with Crippen LogP contribution in [0.4, 0.5) is 0 Å². The average molecular weight is 225 g/mol. The minimum Gasteiger partial charge on any atom is -0.356 e. The molecule has 0 aromatic carbocycles. The fourth-order valence-corrected chi connectivity index (χ4v) is 2.33. The second-order valence-electron chi connectivity index (χ2n) is 4.72. The van der Waals surface area contributed by atoms with Gasteiger partial charge in [-0.15, -0.1) is 0 Å². The highest BCUT2D eigenvalue weighted by atomic mass is 15.2. The molecule has 3 heteroatoms. The summed E-state index contributed by atoms with van der Waals surface area (Å²) in [4.78, 5) is 4.20. The van der Waals surface area contributed by atoms with Crippen LogP contribution >= 0.6 is 0 Å². The van der Waals surface area contributed by atoms with E-state index in [1.54, 1.807) is 0 Å². The van der Waals surface area contributed by atoms with Gasteiger partial charge in [-0.1, -0.05) is 39.0 Å². The van der Waals surface area contributed by atoms with Gasteiger partial charge in [0.15, 0.2) is 5.96 Å². The Balaban J connectivity index is 2.08. The highest BCUT2D eigenvalue weighted by Gasteiger charge is 2.12. The quantitative estimate of drug-likeness (QED) is 0.557. The van der Waals surface area contributed by atoms with Crippen LogP contribution < -0.4 is 10.6 Å². The van der Waals surface area contributed by atoms with Crippen molar-refractivity contribution >= 4 is 5.96 Å². The number of hydrogen-bond acceptors (Lipinski definition) is 1. The monoisotopic (exact) mass is 225 g/mol. The predicted octanol–water partition coefficient (Wildman–Crippen LogP) is 2.53. The van der Waals surface area contributed by atoms with Crippen molar-refractivity contribution in [2.75, 3.05) is 20.1 Å². The highest BCUT2D eigenvalue weighted by molar-refractivity contribution is 5.79. The lowest BCUT2D eigenvalue weighted by molar-refractivity contribution is 0.339. The molecular formula is C13H27N3. The van der Waals surface area contributed by atoms with E-state index in [9.17, 15) is 0 Å². The molecule has 0 saturated heterocycles. The molecule has 1 rings (SSSR count). The molecule has 0 aliphatic heterocycles. The molecule has 0 amide bonds. The molecule has 0 bridgehead atoms. The maximum Gasteiger partial charge on any atom is 0.190 e. The summed E-state index contributed by atoms with van der Waals surface area (Å²) in [6, 6.07) is 0. The third kappa shape index (κ3) is 5.38. The molecule has 0 unspecified atom stereocenters. The van der Waals surface area contributed by atoms with E-state index >= 15 is 0 Å². The van der Waals surface area contributed by atoms with Gasteiger partial charge in [0.1, 0.15) is 0 Å². The van der Waals surface area contributed by atoms with Crippen LogP contribution in [0.5, 0.6) is 0 Å². The standard InChI is InChI=1S/C13H27N3/c1-3-10-15-13(14-2)16-11-9-12-7-5-4-6-8-12/h12H,3-11H2,1-2H3,(H2,14,15,16). The lowest BCUT2D eigenvalue weighted by Crippen LogP contribution is -2.38. The molecule has 2 N–H and O–H groups in total. The lowest BCUT2D eigenvalue weighted by Gasteiger charge is -2.22. The van der Waals surface area contributed by atoms with Crippen LogP contribution in [0.2, 0.25) is 0 Å². The Hall–Kier alpha value is -0.730. The Morgan fingerprint density at radius 1 is 1.12 bits per heavy atom. The summed E-state index contributed by atoms with van der Waals surface area (Å²) in [6.07, 6.45) is 9.63. The van der Waals surface area contributed by atoms with Crippen molar-refractivity contribution in [2.24, 2.45) is 10.9 Å². The third-order valence-corrected chi connectivity index (χ3v) is 3.34. The number of nitrogens with one attached hydrogen (secondary N) is 2. The van der Waals surface area contributed by atoms with E-state index in [2.05, 4.69) is 22.5 Å². The van der Waals surface area contributed by atoms with Gasteiger partial charge in [-0.25, -0.2) is 0 Å². The molecule has 1 aliphatic rings. The molecule has 1 saturated carbocycles. The fourth-order valence-electron chi connectivity index (χ4n) is 2.33. The van der Waals surface area contributed by atoms with Crippen molar-refractivity contribution in [3.05, 3.63) is 0 Å². The van der Waals surface area contributed by atoms with Crippen molar-refractivity contribution < 1.29 is 0 Å². The first-order valence-corrected chi connectivity index (χ1v) is 6.81. The Morgan fingerprint density at radius 3 is 2.44 bits per heavy atom. The highest BCUT2D eigenvalue weighted by Crippen LogP contribution is 2.25. The number of hydrogen-bond donors (Lipinski definition) is 2. The summed E-state index contributed by atoms with van der Waals surface area (Å²) in [5.74, 6) is 1.91. The van der Waals surface area contributed by atoms with Crippen molar-refractivity contribution in [3.8, 4) is 0 Å². The number of aliphatic imine (C=N–C) groups is 1. The van der Waals surface area contributed by atoms with E-state index in [0.29, 0.717) is 0 Å². The topological polar surface area (TPSA) is 36.4 Å². The first kappa shape index (κ1) is 13.3. The number of guanidine groups is 1. The lowest BCUT2D eigenvalue weighted by atomic mass is 9.87. The fraction of sp³-hybridized carbons (Fsp3) is 0.923. The van der Waals surface area contributed by atoms with Crippen LogP contribution in [0, 0.1) is 5.92 Å². The van der Waals surface area contributed by atoms with Gasteiger partial charge in [0.25, 0.3) is 0 Å². The van der Waals surface area contributed by atoms with Crippen LogP contribution in [-0.2, 0) is 0 Å². The minimum absolute atomic E-state index is 0.950. The van der Waals surface area contributed by atoms with Crippen molar-refractivity contribution in [2.45, 2.75) is 51.9 Å². The van der Waals surface area contributed by atoms with Crippen LogP contribution in [0.25, 0.3) is 0 Å². The van der Waals surface area contributed by atoms with Gasteiger partial charge in [0.05, 0.1) is 0 Å². The van der Waals surface area contributed by atoms with Crippen LogP contribution in [-0.4, -0.2) is 26.1 Å². The van der Waals surface area contributed by atoms with Gasteiger partial charge in [0, 0.05) is 20.1 Å². The summed E-state index contributed by atoms with van der Waals surface area (Å²) in [5.41, 5.74) is 0. The second kappa shape index (κ2) is 8.43. The molecule has 94 valence electrons. The zero-order chi connectivity index (χ0) is 11.6. The van der Waals surface area contributed by atoms with Gasteiger partial charge >= 0.3 is 0 Å². The molecule has 0 spiro atoms. The summed E-state index contributed by atoms with van der Waals surface area (Å²) in [7, 11) is 1.84. The van der Waals surface area contributed by atoms with E-state index in [0.717, 1.165) is 31.4 Å². The van der Waals surface area contributed by atoms with E-state index in [-0.39, 0.29) is 0 Å².